The van der Waals surface area contributed by atoms with E-state index in [0.717, 1.165) is 82.6 Å². The molecule has 6 aromatic heterocycles. The first kappa shape index (κ1) is 88.9. The number of hydrogen-bond acceptors (Lipinski definition) is 12. The maximum Gasteiger partial charge on any atom is 0.164 e. The molecule has 9 nitrogen and oxygen atoms in total. The van der Waals surface area contributed by atoms with Gasteiger partial charge in [0.15, 0.2) is 52.4 Å². The van der Waals surface area contributed by atoms with Crippen LogP contribution in [0.5, 0.6) is 0 Å². The lowest BCUT2D eigenvalue weighted by atomic mass is 9.96. The van der Waals surface area contributed by atoms with Crippen molar-refractivity contribution in [3.05, 3.63) is 516 Å². The molecule has 0 N–H and O–H groups in total. The lowest BCUT2D eigenvalue weighted by Gasteiger charge is -2.12. The van der Waals surface area contributed by atoms with Crippen LogP contribution in [-0.4, -0.2) is 44.9 Å². The quantitative estimate of drug-likeness (QED) is 0.0989. The molecule has 0 fully saturated rings. The standard InChI is InChI=1S/2C47H29N3S.C43H27N3S/c1-3-13-33(14-4-1)45-48-46(34-15-5-2-6-16-34)50-47(49-45)41-29-42-43(39-19-10-9-18-38(39)41)40-21-11-20-37(44(40)51-42)32-25-22-31(23-26-32)36-27-24-30-12-7-8-17-35(30)28-36;1-3-12-30(13-4-1)31-22-24-32(25-23-31)35-26-27-42-41(28-35)44-38-20-10-9-19-37(38)40(29-43(44)51-42)47-49-45(34-15-5-2-6-16-34)48-46(50-47)39-21-11-17-33-14-7-8-18-36(33)39;1-4-12-28(13-5-1)30-20-22-32(23-21-30)42-44-41(31-16-8-3-9-17-31)45-43(46-42)37-27-39-40(35-19-11-10-18-34(35)37)36-25-24-33(26-38(36)47-39)29-14-6-2-7-15-29/h2*1-29H;1-27H. The van der Waals surface area contributed by atoms with Crippen LogP contribution in [0.1, 0.15) is 0 Å². The van der Waals surface area contributed by atoms with Crippen molar-refractivity contribution in [2.24, 2.45) is 0 Å². The Kier molecular flexibility index (Phi) is 23.1. The Bertz CT molecular complexity index is 10100. The average molecular weight is 1950 g/mol. The predicted molar refractivity (Wildman–Crippen MR) is 627 cm³/mol. The summed E-state index contributed by atoms with van der Waals surface area (Å²) < 4.78 is 7.44. The minimum Gasteiger partial charge on any atom is -0.208 e. The summed E-state index contributed by atoms with van der Waals surface area (Å²) in [5.74, 6) is 5.97. The van der Waals surface area contributed by atoms with Crippen LogP contribution in [0.25, 0.3) is 284 Å². The highest BCUT2D eigenvalue weighted by Crippen LogP contribution is 2.50. The first-order valence-electron chi connectivity index (χ1n) is 49.9. The normalized spacial score (nSPS) is 11.5. The van der Waals surface area contributed by atoms with Gasteiger partial charge >= 0.3 is 0 Å². The molecule has 696 valence electrons. The molecule has 0 amide bonds. The van der Waals surface area contributed by atoms with Gasteiger partial charge in [0.2, 0.25) is 0 Å². The maximum absolute atomic E-state index is 5.23. The minimum atomic E-state index is 0.654. The van der Waals surface area contributed by atoms with E-state index in [1.165, 1.54) is 149 Å². The Labute approximate surface area is 871 Å². The second-order valence-electron chi connectivity index (χ2n) is 37.2. The van der Waals surface area contributed by atoms with E-state index in [-0.39, 0.29) is 0 Å². The molecule has 6 heterocycles. The highest BCUT2D eigenvalue weighted by atomic mass is 32.1. The summed E-state index contributed by atoms with van der Waals surface area (Å²) in [5.41, 5.74) is 23.3. The Morgan fingerprint density at radius 1 is 0.114 bits per heavy atom. The zero-order valence-electron chi connectivity index (χ0n) is 80.3. The fourth-order valence-electron chi connectivity index (χ4n) is 20.9. The van der Waals surface area contributed by atoms with Crippen molar-refractivity contribution >= 4 is 148 Å². The molecule has 149 heavy (non-hydrogen) atoms. The van der Waals surface area contributed by atoms with Gasteiger partial charge in [-0.1, -0.05) is 473 Å². The molecule has 23 aromatic carbocycles. The molecule has 0 aliphatic rings. The summed E-state index contributed by atoms with van der Waals surface area (Å²) >= 11 is 5.48. The molecule has 29 aromatic rings. The van der Waals surface area contributed by atoms with Crippen LogP contribution in [0.15, 0.2) is 516 Å². The summed E-state index contributed by atoms with van der Waals surface area (Å²) in [6.45, 7) is 0. The Balaban J connectivity index is 0.000000110. The Morgan fingerprint density at radius 2 is 0.389 bits per heavy atom. The summed E-state index contributed by atoms with van der Waals surface area (Å²) in [6, 6.07) is 182. The van der Waals surface area contributed by atoms with E-state index in [1.807, 2.05) is 113 Å². The molecule has 0 saturated carbocycles. The van der Waals surface area contributed by atoms with E-state index in [4.69, 9.17) is 44.9 Å². The monoisotopic (exact) mass is 1950 g/mol. The topological polar surface area (TPSA) is 116 Å². The van der Waals surface area contributed by atoms with Gasteiger partial charge in [-0.15, -0.1) is 34.0 Å². The van der Waals surface area contributed by atoms with Crippen molar-refractivity contribution in [1.82, 2.24) is 44.9 Å². The third kappa shape index (κ3) is 17.1. The van der Waals surface area contributed by atoms with Crippen molar-refractivity contribution in [3.63, 3.8) is 0 Å². The van der Waals surface area contributed by atoms with Gasteiger partial charge in [-0.3, -0.25) is 0 Å². The van der Waals surface area contributed by atoms with Crippen LogP contribution in [0, 0.1) is 0 Å². The van der Waals surface area contributed by atoms with E-state index in [2.05, 4.69) is 437 Å². The van der Waals surface area contributed by atoms with Gasteiger partial charge in [0.25, 0.3) is 0 Å². The van der Waals surface area contributed by atoms with Crippen LogP contribution >= 0.6 is 34.0 Å². The van der Waals surface area contributed by atoms with Crippen molar-refractivity contribution in [2.45, 2.75) is 0 Å². The van der Waals surface area contributed by atoms with Crippen LogP contribution in [0.3, 0.4) is 0 Å². The molecule has 0 aliphatic heterocycles. The number of thiophene rings is 3. The van der Waals surface area contributed by atoms with Crippen molar-refractivity contribution in [1.29, 1.82) is 0 Å². The van der Waals surface area contributed by atoms with Gasteiger partial charge < -0.3 is 0 Å². The van der Waals surface area contributed by atoms with Gasteiger partial charge in [-0.2, -0.15) is 0 Å². The third-order valence-electron chi connectivity index (χ3n) is 28.2. The SMILES string of the molecule is c1ccc(-c2ccc(-c3ccc4sc5cc(-c6nc(-c7ccccc7)nc(-c7cccc8ccccc78)n6)c6ccccc6c5c4c3)cc2)cc1.c1ccc(-c2ccc(-c3nc(-c4ccccc4)nc(-c4cc5sc6cc(-c7ccccc7)ccc6c5c5ccccc45)n3)cc2)cc1.c1ccc(-c2nc(-c3ccccc3)nc(-c3cc4sc5c(-c6ccc(-c7ccc8ccccc8c7)cc6)cccc5c4c4ccccc34)n2)cc1. The molecule has 0 spiro atoms. The van der Waals surface area contributed by atoms with Crippen LogP contribution in [-0.2, 0) is 0 Å². The van der Waals surface area contributed by atoms with E-state index in [0.29, 0.717) is 52.4 Å². The molecule has 0 unspecified atom stereocenters. The van der Waals surface area contributed by atoms with Crippen molar-refractivity contribution in [2.75, 3.05) is 0 Å². The number of hydrogen-bond donors (Lipinski definition) is 0. The van der Waals surface area contributed by atoms with Gasteiger partial charge in [-0.25, -0.2) is 44.9 Å². The molecule has 0 bridgehead atoms. The molecular weight excluding hydrogens is 1870 g/mol. The lowest BCUT2D eigenvalue weighted by Crippen LogP contribution is -2.01. The molecule has 12 heteroatoms. The number of nitrogens with zero attached hydrogens (tertiary/aromatic N) is 9. The van der Waals surface area contributed by atoms with Crippen molar-refractivity contribution in [3.8, 4) is 169 Å². The van der Waals surface area contributed by atoms with E-state index < -0.39 is 0 Å². The first-order chi connectivity index (χ1) is 73.8. The third-order valence-corrected chi connectivity index (χ3v) is 31.6. The zero-order chi connectivity index (χ0) is 98.6. The molecule has 0 saturated heterocycles. The number of fused-ring (bicyclic) bond motifs is 17. The van der Waals surface area contributed by atoms with Crippen LogP contribution < -0.4 is 0 Å². The van der Waals surface area contributed by atoms with Gasteiger partial charge in [0, 0.05) is 111 Å². The van der Waals surface area contributed by atoms with E-state index >= 15 is 0 Å². The fourth-order valence-corrected chi connectivity index (χ4v) is 24.5. The second kappa shape index (κ2) is 38.6. The minimum absolute atomic E-state index is 0.654. The highest BCUT2D eigenvalue weighted by molar-refractivity contribution is 7.27. The van der Waals surface area contributed by atoms with Crippen LogP contribution in [0.4, 0.5) is 0 Å². The zero-order valence-corrected chi connectivity index (χ0v) is 82.8. The van der Waals surface area contributed by atoms with Crippen molar-refractivity contribution < 1.29 is 0 Å². The summed E-state index contributed by atoms with van der Waals surface area (Å²) in [5, 5.41) is 19.4. The largest absolute Gasteiger partial charge is 0.208 e. The fraction of sp³-hybridized carbons (Fsp3) is 0. The molecule has 0 atom stereocenters. The maximum atomic E-state index is 5.23. The number of aromatic nitrogens is 9. The van der Waals surface area contributed by atoms with Gasteiger partial charge in [-0.05, 0) is 163 Å². The number of benzene rings is 23. The number of rotatable bonds is 15. The summed E-state index contributed by atoms with van der Waals surface area (Å²) in [7, 11) is 0. The highest BCUT2D eigenvalue weighted by Gasteiger charge is 2.26. The second-order valence-corrected chi connectivity index (χ2v) is 40.5. The molecule has 0 aliphatic carbocycles. The van der Waals surface area contributed by atoms with E-state index in [9.17, 15) is 0 Å². The Morgan fingerprint density at radius 3 is 0.859 bits per heavy atom. The van der Waals surface area contributed by atoms with Gasteiger partial charge in [0.05, 0.1) is 0 Å². The Hall–Kier alpha value is -19.0. The first-order valence-corrected chi connectivity index (χ1v) is 52.4. The molecule has 29 rings (SSSR count). The van der Waals surface area contributed by atoms with Gasteiger partial charge in [0.1, 0.15) is 0 Å². The average Bonchev–Trinajstić information content (AvgIpc) is 1.59. The van der Waals surface area contributed by atoms with E-state index in [1.54, 1.807) is 0 Å². The predicted octanol–water partition coefficient (Wildman–Crippen LogP) is 37.5. The van der Waals surface area contributed by atoms with Crippen LogP contribution in [0.2, 0.25) is 0 Å². The summed E-state index contributed by atoms with van der Waals surface area (Å²) in [6.07, 6.45) is 0. The lowest BCUT2D eigenvalue weighted by molar-refractivity contribution is 1.08. The molecular formula is C137H85N9S3. The molecule has 0 radical (unpaired) electrons. The summed E-state index contributed by atoms with van der Waals surface area (Å²) in [4.78, 5) is 45.9. The smallest absolute Gasteiger partial charge is 0.164 e.